The van der Waals surface area contributed by atoms with Gasteiger partial charge in [0.1, 0.15) is 0 Å². The number of aromatic carboxylic acids is 1. The quantitative estimate of drug-likeness (QED) is 0.755. The van der Waals surface area contributed by atoms with E-state index in [-0.39, 0.29) is 15.3 Å². The molecule has 0 aliphatic rings. The zero-order chi connectivity index (χ0) is 16.1. The van der Waals surface area contributed by atoms with Crippen LogP contribution in [-0.4, -0.2) is 42.0 Å². The molecule has 0 saturated carbocycles. The molecule has 0 fully saturated rings. The van der Waals surface area contributed by atoms with Crippen molar-refractivity contribution in [1.29, 1.82) is 0 Å². The first-order chi connectivity index (χ1) is 9.80. The Hall–Kier alpha value is -1.12. The number of hydrogen-bond donors (Lipinski definition) is 2. The monoisotopic (exact) mass is 332 g/mol. The van der Waals surface area contributed by atoms with Crippen molar-refractivity contribution >= 4 is 27.8 Å². The lowest BCUT2D eigenvalue weighted by Crippen LogP contribution is -2.39. The van der Waals surface area contributed by atoms with Gasteiger partial charge in [-0.15, -0.1) is 0 Å². The van der Waals surface area contributed by atoms with Crippen LogP contribution in [0.1, 0.15) is 37.0 Å². The molecule has 8 heteroatoms. The minimum absolute atomic E-state index is 0.0467. The molecular formula is C13H20N2O4S2. The molecule has 0 unspecified atom stereocenters. The van der Waals surface area contributed by atoms with Crippen LogP contribution in [0.25, 0.3) is 0 Å². The molecule has 0 radical (unpaired) electrons. The largest absolute Gasteiger partial charge is 0.478 e. The number of nitrogens with one attached hydrogen (secondary N) is 1. The van der Waals surface area contributed by atoms with E-state index in [9.17, 15) is 13.2 Å². The van der Waals surface area contributed by atoms with Crippen LogP contribution in [0.4, 0.5) is 0 Å². The Morgan fingerprint density at radius 3 is 2.38 bits per heavy atom. The second kappa shape index (κ2) is 7.24. The zero-order valence-electron chi connectivity index (χ0n) is 12.3. The summed E-state index contributed by atoms with van der Waals surface area (Å²) in [6.45, 7) is 4.36. The number of thioether (sulfide) groups is 1. The van der Waals surface area contributed by atoms with Gasteiger partial charge in [-0.2, -0.15) is 11.8 Å². The Labute approximate surface area is 129 Å². The molecule has 6 nitrogen and oxygen atoms in total. The molecule has 0 aliphatic heterocycles. The van der Waals surface area contributed by atoms with Crippen LogP contribution < -0.4 is 4.72 Å². The number of carboxylic acid groups (broad SMARTS) is 1. The number of carboxylic acids is 1. The molecule has 0 spiro atoms. The Balaban J connectivity index is 2.89. The molecule has 1 aromatic rings. The standard InChI is InChI=1S/C13H20N2O4S2/c1-4-13(5-2,20-3)9-15-21(18,19)11-7-6-10(8-14-11)12(16)17/h6-8,15H,4-5,9H2,1-3H3,(H,16,17). The maximum atomic E-state index is 12.2. The fourth-order valence-electron chi connectivity index (χ4n) is 1.83. The van der Waals surface area contributed by atoms with Crippen molar-refractivity contribution in [2.24, 2.45) is 0 Å². The summed E-state index contributed by atoms with van der Waals surface area (Å²) in [5, 5.41) is 8.60. The highest BCUT2D eigenvalue weighted by molar-refractivity contribution is 8.00. The SMILES string of the molecule is CCC(CC)(CNS(=O)(=O)c1ccc(C(=O)O)cn1)SC. The summed E-state index contributed by atoms with van der Waals surface area (Å²) < 4.78 is 26.8. The average molecular weight is 332 g/mol. The van der Waals surface area contributed by atoms with Crippen molar-refractivity contribution in [3.8, 4) is 0 Å². The molecule has 1 aromatic heterocycles. The molecule has 0 aliphatic carbocycles. The van der Waals surface area contributed by atoms with Gasteiger partial charge in [-0.3, -0.25) is 0 Å². The first kappa shape index (κ1) is 17.9. The Morgan fingerprint density at radius 1 is 1.38 bits per heavy atom. The molecule has 0 bridgehead atoms. The molecule has 2 N–H and O–H groups in total. The van der Waals surface area contributed by atoms with Crippen molar-refractivity contribution in [3.05, 3.63) is 23.9 Å². The molecular weight excluding hydrogens is 312 g/mol. The fraction of sp³-hybridized carbons (Fsp3) is 0.538. The van der Waals surface area contributed by atoms with Crippen molar-refractivity contribution in [1.82, 2.24) is 9.71 Å². The van der Waals surface area contributed by atoms with E-state index in [0.717, 1.165) is 19.0 Å². The highest BCUT2D eigenvalue weighted by Gasteiger charge is 2.28. The van der Waals surface area contributed by atoms with Gasteiger partial charge >= 0.3 is 5.97 Å². The first-order valence-electron chi connectivity index (χ1n) is 6.54. The lowest BCUT2D eigenvalue weighted by Gasteiger charge is -2.29. The van der Waals surface area contributed by atoms with E-state index in [1.165, 1.54) is 12.1 Å². The highest BCUT2D eigenvalue weighted by atomic mass is 32.2. The number of nitrogens with zero attached hydrogens (tertiary/aromatic N) is 1. The predicted octanol–water partition coefficient (Wildman–Crippen LogP) is 1.98. The van der Waals surface area contributed by atoms with Gasteiger partial charge in [0, 0.05) is 17.5 Å². The van der Waals surface area contributed by atoms with E-state index in [4.69, 9.17) is 5.11 Å². The maximum Gasteiger partial charge on any atom is 0.337 e. The molecule has 0 aromatic carbocycles. The van der Waals surface area contributed by atoms with Gasteiger partial charge in [0.2, 0.25) is 0 Å². The minimum atomic E-state index is -3.73. The number of pyridine rings is 1. The third-order valence-electron chi connectivity index (χ3n) is 3.56. The number of carbonyl (C=O) groups is 1. The van der Waals surface area contributed by atoms with Crippen LogP contribution in [-0.2, 0) is 10.0 Å². The fourth-order valence-corrected chi connectivity index (χ4v) is 3.77. The van der Waals surface area contributed by atoms with E-state index in [1.54, 1.807) is 11.8 Å². The highest BCUT2D eigenvalue weighted by Crippen LogP contribution is 2.29. The summed E-state index contributed by atoms with van der Waals surface area (Å²) >= 11 is 1.63. The van der Waals surface area contributed by atoms with Gasteiger partial charge < -0.3 is 5.11 Å². The van der Waals surface area contributed by atoms with Crippen molar-refractivity contribution in [3.63, 3.8) is 0 Å². The summed E-state index contributed by atoms with van der Waals surface area (Å²) in [7, 11) is -3.73. The van der Waals surface area contributed by atoms with Crippen LogP contribution in [0.15, 0.2) is 23.4 Å². The minimum Gasteiger partial charge on any atom is -0.478 e. The van der Waals surface area contributed by atoms with Crippen molar-refractivity contribution in [2.75, 3.05) is 12.8 Å². The van der Waals surface area contributed by atoms with Crippen molar-refractivity contribution < 1.29 is 18.3 Å². The van der Waals surface area contributed by atoms with Crippen LogP contribution in [0.2, 0.25) is 0 Å². The lowest BCUT2D eigenvalue weighted by molar-refractivity contribution is 0.0696. The van der Waals surface area contributed by atoms with Gasteiger partial charge in [0.05, 0.1) is 5.56 Å². The van der Waals surface area contributed by atoms with E-state index in [2.05, 4.69) is 9.71 Å². The van der Waals surface area contributed by atoms with E-state index >= 15 is 0 Å². The second-order valence-electron chi connectivity index (χ2n) is 4.61. The van der Waals surface area contributed by atoms with Crippen LogP contribution in [0.3, 0.4) is 0 Å². The third kappa shape index (κ3) is 4.42. The molecule has 1 heterocycles. The lowest BCUT2D eigenvalue weighted by atomic mass is 10.0. The van der Waals surface area contributed by atoms with Gasteiger partial charge in [-0.1, -0.05) is 13.8 Å². The number of hydrogen-bond acceptors (Lipinski definition) is 5. The average Bonchev–Trinajstić information content (AvgIpc) is 2.49. The summed E-state index contributed by atoms with van der Waals surface area (Å²) in [6.07, 6.45) is 4.69. The van der Waals surface area contributed by atoms with Gasteiger partial charge in [0.15, 0.2) is 5.03 Å². The van der Waals surface area contributed by atoms with Gasteiger partial charge in [0.25, 0.3) is 10.0 Å². The molecule has 0 amide bonds. The van der Waals surface area contributed by atoms with Crippen LogP contribution in [0, 0.1) is 0 Å². The normalized spacial score (nSPS) is 12.3. The Bertz CT molecular complexity index is 572. The molecule has 21 heavy (non-hydrogen) atoms. The molecule has 1 rings (SSSR count). The second-order valence-corrected chi connectivity index (χ2v) is 7.60. The van der Waals surface area contributed by atoms with Crippen LogP contribution in [0.5, 0.6) is 0 Å². The number of sulfonamides is 1. The maximum absolute atomic E-state index is 12.2. The third-order valence-corrected chi connectivity index (χ3v) is 6.47. The van der Waals surface area contributed by atoms with E-state index in [1.807, 2.05) is 20.1 Å². The summed E-state index contributed by atoms with van der Waals surface area (Å²) in [6, 6.07) is 2.43. The van der Waals surface area contributed by atoms with Gasteiger partial charge in [-0.05, 0) is 31.2 Å². The Kier molecular flexibility index (Phi) is 6.18. The molecule has 118 valence electrons. The zero-order valence-corrected chi connectivity index (χ0v) is 13.9. The van der Waals surface area contributed by atoms with Gasteiger partial charge in [-0.25, -0.2) is 22.9 Å². The van der Waals surface area contributed by atoms with E-state index in [0.29, 0.717) is 6.54 Å². The summed E-state index contributed by atoms with van der Waals surface area (Å²) in [5.41, 5.74) is -0.0467. The first-order valence-corrected chi connectivity index (χ1v) is 9.25. The van der Waals surface area contributed by atoms with Crippen LogP contribution >= 0.6 is 11.8 Å². The van der Waals surface area contributed by atoms with E-state index < -0.39 is 16.0 Å². The molecule has 0 saturated heterocycles. The predicted molar refractivity (Wildman–Crippen MR) is 83.2 cm³/mol. The number of aromatic nitrogens is 1. The molecule has 0 atom stereocenters. The number of rotatable bonds is 8. The topological polar surface area (TPSA) is 96.4 Å². The summed E-state index contributed by atoms with van der Waals surface area (Å²) in [5.74, 6) is -1.14. The summed E-state index contributed by atoms with van der Waals surface area (Å²) in [4.78, 5) is 14.4. The smallest absolute Gasteiger partial charge is 0.337 e. The van der Waals surface area contributed by atoms with Crippen molar-refractivity contribution in [2.45, 2.75) is 36.5 Å². The Morgan fingerprint density at radius 2 is 2.00 bits per heavy atom.